The van der Waals surface area contributed by atoms with Crippen molar-refractivity contribution in [2.45, 2.75) is 0 Å². The molecule has 0 atom stereocenters. The fourth-order valence-electron chi connectivity index (χ4n) is 1.84. The van der Waals surface area contributed by atoms with Crippen molar-refractivity contribution in [1.29, 1.82) is 0 Å². The van der Waals surface area contributed by atoms with E-state index in [4.69, 9.17) is 12.2 Å². The quantitative estimate of drug-likeness (QED) is 0.657. The number of rotatable bonds is 2. The summed E-state index contributed by atoms with van der Waals surface area (Å²) in [5.74, 6) is -1.21. The van der Waals surface area contributed by atoms with Gasteiger partial charge in [0.25, 0.3) is 5.91 Å². The number of carbonyl (C=O) groups excluding carboxylic acids is 1. The van der Waals surface area contributed by atoms with Gasteiger partial charge < -0.3 is 5.32 Å². The van der Waals surface area contributed by atoms with E-state index in [1.165, 1.54) is 23.1 Å². The van der Waals surface area contributed by atoms with E-state index in [1.807, 2.05) is 0 Å². The van der Waals surface area contributed by atoms with E-state index in [0.717, 1.165) is 23.1 Å². The predicted molar refractivity (Wildman–Crippen MR) is 86.0 cm³/mol. The Bertz CT molecular complexity index is 782. The Morgan fingerprint density at radius 2 is 2.05 bits per heavy atom. The first-order chi connectivity index (χ1) is 10.0. The van der Waals surface area contributed by atoms with E-state index >= 15 is 0 Å². The number of thiocarbonyl (C=S) groups is 1. The largest absolute Gasteiger partial charge is 0.307 e. The highest BCUT2D eigenvalue weighted by Crippen LogP contribution is 2.32. The third-order valence-corrected chi connectivity index (χ3v) is 4.82. The molecule has 106 valence electrons. The Balaban J connectivity index is 1.94. The third-order valence-electron chi connectivity index (χ3n) is 2.77. The van der Waals surface area contributed by atoms with Crippen molar-refractivity contribution in [3.05, 3.63) is 51.1 Å². The van der Waals surface area contributed by atoms with Gasteiger partial charge in [0.15, 0.2) is 0 Å². The monoisotopic (exact) mass is 339 g/mol. The topological polar surface area (TPSA) is 29.1 Å². The van der Waals surface area contributed by atoms with Gasteiger partial charge in [-0.25, -0.2) is 8.78 Å². The summed E-state index contributed by atoms with van der Waals surface area (Å²) in [6, 6.07) is 5.04. The van der Waals surface area contributed by atoms with Gasteiger partial charge in [-0.2, -0.15) is 0 Å². The van der Waals surface area contributed by atoms with Crippen LogP contribution in [0.5, 0.6) is 0 Å². The van der Waals surface area contributed by atoms with Crippen molar-refractivity contribution in [3.63, 3.8) is 0 Å². The minimum Gasteiger partial charge on any atom is -0.307 e. The van der Waals surface area contributed by atoms with E-state index < -0.39 is 11.6 Å². The van der Waals surface area contributed by atoms with Crippen LogP contribution >= 0.6 is 35.3 Å². The molecule has 0 aliphatic carbocycles. The van der Waals surface area contributed by atoms with Crippen LogP contribution in [0.25, 0.3) is 17.2 Å². The number of nitrogens with one attached hydrogen (secondary N) is 1. The molecule has 21 heavy (non-hydrogen) atoms. The minimum absolute atomic E-state index is 0.204. The van der Waals surface area contributed by atoms with Crippen LogP contribution in [0.4, 0.5) is 8.78 Å². The Morgan fingerprint density at radius 1 is 1.24 bits per heavy atom. The molecular weight excluding hydrogens is 332 g/mol. The summed E-state index contributed by atoms with van der Waals surface area (Å²) >= 11 is 7.44. The molecule has 2 aromatic rings. The second kappa shape index (κ2) is 5.67. The summed E-state index contributed by atoms with van der Waals surface area (Å²) < 4.78 is 27.4. The van der Waals surface area contributed by atoms with Crippen molar-refractivity contribution in [3.8, 4) is 11.1 Å². The summed E-state index contributed by atoms with van der Waals surface area (Å²) in [7, 11) is 0. The highest BCUT2D eigenvalue weighted by molar-refractivity contribution is 8.26. The van der Waals surface area contributed by atoms with Gasteiger partial charge in [0.05, 0.1) is 4.91 Å². The van der Waals surface area contributed by atoms with Gasteiger partial charge in [0.2, 0.25) is 0 Å². The predicted octanol–water partition coefficient (Wildman–Crippen LogP) is 4.18. The molecule has 1 aromatic heterocycles. The molecule has 1 saturated heterocycles. The zero-order valence-electron chi connectivity index (χ0n) is 10.4. The van der Waals surface area contributed by atoms with Crippen LogP contribution in [-0.4, -0.2) is 10.2 Å². The van der Waals surface area contributed by atoms with Gasteiger partial charge in [0, 0.05) is 10.4 Å². The number of hydrogen-bond acceptors (Lipinski definition) is 4. The van der Waals surface area contributed by atoms with E-state index in [0.29, 0.717) is 14.8 Å². The van der Waals surface area contributed by atoms with Gasteiger partial charge in [0.1, 0.15) is 16.0 Å². The number of thioether (sulfide) groups is 1. The zero-order chi connectivity index (χ0) is 15.0. The lowest BCUT2D eigenvalue weighted by atomic mass is 10.1. The molecule has 1 aliphatic rings. The van der Waals surface area contributed by atoms with Crippen LogP contribution in [-0.2, 0) is 4.79 Å². The Morgan fingerprint density at radius 3 is 2.76 bits per heavy atom. The Kier molecular flexibility index (Phi) is 3.88. The summed E-state index contributed by atoms with van der Waals surface area (Å²) in [6.07, 6.45) is 1.69. The van der Waals surface area contributed by atoms with Gasteiger partial charge in [-0.05, 0) is 41.3 Å². The molecule has 1 aliphatic heterocycles. The first kappa shape index (κ1) is 14.4. The number of hydrogen-bond donors (Lipinski definition) is 1. The maximum absolute atomic E-state index is 13.7. The molecule has 0 bridgehead atoms. The van der Waals surface area contributed by atoms with Crippen LogP contribution in [0.15, 0.2) is 34.6 Å². The second-order valence-electron chi connectivity index (χ2n) is 4.21. The first-order valence-corrected chi connectivity index (χ1v) is 7.92. The fourth-order valence-corrected chi connectivity index (χ4v) is 3.79. The smallest absolute Gasteiger partial charge is 0.263 e. The maximum Gasteiger partial charge on any atom is 0.263 e. The molecule has 1 amide bonds. The van der Waals surface area contributed by atoms with E-state index in [2.05, 4.69) is 5.32 Å². The van der Waals surface area contributed by atoms with Crippen molar-refractivity contribution in [1.82, 2.24) is 5.32 Å². The van der Waals surface area contributed by atoms with E-state index in [-0.39, 0.29) is 11.5 Å². The Hall–Kier alpha value is -1.57. The van der Waals surface area contributed by atoms with Crippen LogP contribution in [0.1, 0.15) is 4.88 Å². The standard InChI is InChI=1S/C14H7F2NOS3/c15-8-1-2-11(16)10(4-8)7-3-9(20-6-7)5-12-13(18)17-14(19)21-12/h1-6H,(H,17,18,19). The summed E-state index contributed by atoms with van der Waals surface area (Å²) in [5.41, 5.74) is 0.782. The van der Waals surface area contributed by atoms with Gasteiger partial charge in [-0.15, -0.1) is 11.3 Å². The van der Waals surface area contributed by atoms with Crippen molar-refractivity contribution in [2.24, 2.45) is 0 Å². The first-order valence-electron chi connectivity index (χ1n) is 5.82. The highest BCUT2D eigenvalue weighted by Gasteiger charge is 2.22. The molecule has 1 N–H and O–H groups in total. The van der Waals surface area contributed by atoms with Gasteiger partial charge in [-0.1, -0.05) is 24.0 Å². The fraction of sp³-hybridized carbons (Fsp3) is 0. The molecular formula is C14H7F2NOS3. The number of benzene rings is 1. The molecule has 2 nitrogen and oxygen atoms in total. The van der Waals surface area contributed by atoms with Crippen molar-refractivity contribution < 1.29 is 13.6 Å². The molecule has 0 saturated carbocycles. The van der Waals surface area contributed by atoms with Crippen molar-refractivity contribution in [2.75, 3.05) is 0 Å². The van der Waals surface area contributed by atoms with Crippen molar-refractivity contribution >= 4 is 51.6 Å². The van der Waals surface area contributed by atoms with E-state index in [9.17, 15) is 13.6 Å². The van der Waals surface area contributed by atoms with Crippen LogP contribution in [0.3, 0.4) is 0 Å². The molecule has 0 radical (unpaired) electrons. The molecule has 2 heterocycles. The maximum atomic E-state index is 13.7. The molecule has 7 heteroatoms. The van der Waals surface area contributed by atoms with Crippen LogP contribution in [0, 0.1) is 11.6 Å². The summed E-state index contributed by atoms with van der Waals surface area (Å²) in [4.78, 5) is 12.8. The van der Waals surface area contributed by atoms with E-state index in [1.54, 1.807) is 17.5 Å². The Labute approximate surface area is 132 Å². The molecule has 1 fully saturated rings. The zero-order valence-corrected chi connectivity index (χ0v) is 12.8. The lowest BCUT2D eigenvalue weighted by Crippen LogP contribution is -2.17. The average molecular weight is 339 g/mol. The molecule has 0 unspecified atom stereocenters. The number of carbonyl (C=O) groups is 1. The van der Waals surface area contributed by atoms with Gasteiger partial charge >= 0.3 is 0 Å². The number of thiophene rings is 1. The lowest BCUT2D eigenvalue weighted by molar-refractivity contribution is -0.115. The minimum atomic E-state index is -0.492. The second-order valence-corrected chi connectivity index (χ2v) is 6.88. The number of amides is 1. The molecule has 1 aromatic carbocycles. The molecule has 3 rings (SSSR count). The van der Waals surface area contributed by atoms with Crippen LogP contribution < -0.4 is 5.32 Å². The summed E-state index contributed by atoms with van der Waals surface area (Å²) in [6.45, 7) is 0. The normalized spacial score (nSPS) is 16.6. The third kappa shape index (κ3) is 3.04. The SMILES string of the molecule is O=C1NC(=S)SC1=Cc1cc(-c2cc(F)ccc2F)cs1. The van der Waals surface area contributed by atoms with Crippen LogP contribution in [0.2, 0.25) is 0 Å². The lowest BCUT2D eigenvalue weighted by Gasteiger charge is -1.99. The van der Waals surface area contributed by atoms with Gasteiger partial charge in [-0.3, -0.25) is 4.79 Å². The summed E-state index contributed by atoms with van der Waals surface area (Å²) in [5, 5.41) is 4.25. The average Bonchev–Trinajstić information content (AvgIpc) is 3.00. The number of halogens is 2. The molecule has 0 spiro atoms. The highest BCUT2D eigenvalue weighted by atomic mass is 32.2.